The number of carbonyl (C=O) groups excluding carboxylic acids is 1. The predicted molar refractivity (Wildman–Crippen MR) is 140 cm³/mol. The van der Waals surface area contributed by atoms with Crippen molar-refractivity contribution in [1.29, 1.82) is 0 Å². The number of rotatable bonds is 10. The number of sulfonamides is 1. The largest absolute Gasteiger partial charge is 0.497 e. The minimum Gasteiger partial charge on any atom is -0.497 e. The molecule has 0 N–H and O–H groups in total. The van der Waals surface area contributed by atoms with Crippen LogP contribution in [0.5, 0.6) is 5.75 Å². The number of hydrogen-bond acceptors (Lipinski definition) is 7. The van der Waals surface area contributed by atoms with Gasteiger partial charge in [-0.2, -0.15) is 4.31 Å². The number of carbonyl (C=O) groups is 1. The van der Waals surface area contributed by atoms with Gasteiger partial charge >= 0.3 is 0 Å². The van der Waals surface area contributed by atoms with Crippen LogP contribution in [0.3, 0.4) is 0 Å². The number of likely N-dealkylation sites (N-methyl/N-ethyl adjacent to an activating group) is 1. The van der Waals surface area contributed by atoms with Gasteiger partial charge in [0.25, 0.3) is 0 Å². The van der Waals surface area contributed by atoms with Crippen LogP contribution in [0.2, 0.25) is 0 Å². The number of methoxy groups -OCH3 is 1. The Labute approximate surface area is 219 Å². The standard InChI is InChI=1S/C25H30F2N4O4S2/c1-4-29(5-2)13-14-30(25-28-23-20(27)15-17(26)16-22(23)36-25)24(32)21-7-6-12-31(21)37(33,34)19-10-8-18(35-3)9-11-19/h8-11,15-16,21H,4-7,12-14H2,1-3H3. The quantitative estimate of drug-likeness (QED) is 0.377. The maximum absolute atomic E-state index is 14.4. The first-order valence-corrected chi connectivity index (χ1v) is 14.4. The molecule has 3 aromatic rings. The first-order valence-electron chi connectivity index (χ1n) is 12.1. The Hall–Kier alpha value is -2.67. The van der Waals surface area contributed by atoms with E-state index in [9.17, 15) is 22.0 Å². The highest BCUT2D eigenvalue weighted by Gasteiger charge is 2.42. The van der Waals surface area contributed by atoms with E-state index in [2.05, 4.69) is 9.88 Å². The fourth-order valence-electron chi connectivity index (χ4n) is 4.48. The van der Waals surface area contributed by atoms with Gasteiger partial charge in [-0.3, -0.25) is 9.69 Å². The molecule has 1 aromatic heterocycles. The summed E-state index contributed by atoms with van der Waals surface area (Å²) >= 11 is 1.01. The highest BCUT2D eigenvalue weighted by Crippen LogP contribution is 2.34. The Balaban J connectivity index is 1.68. The summed E-state index contributed by atoms with van der Waals surface area (Å²) < 4.78 is 61.8. The van der Waals surface area contributed by atoms with Gasteiger partial charge in [-0.05, 0) is 56.3 Å². The van der Waals surface area contributed by atoms with E-state index in [0.29, 0.717) is 25.1 Å². The minimum absolute atomic E-state index is 0.0174. The summed E-state index contributed by atoms with van der Waals surface area (Å²) in [4.78, 5) is 21.9. The van der Waals surface area contributed by atoms with Gasteiger partial charge in [0, 0.05) is 25.7 Å². The molecule has 2 heterocycles. The second-order valence-corrected chi connectivity index (χ2v) is 11.6. The van der Waals surface area contributed by atoms with Gasteiger partial charge in [0.1, 0.15) is 23.1 Å². The maximum atomic E-state index is 14.4. The summed E-state index contributed by atoms with van der Waals surface area (Å²) in [6, 6.07) is 7.04. The Bertz CT molecular complexity index is 1360. The van der Waals surface area contributed by atoms with Crippen LogP contribution in [0.25, 0.3) is 10.2 Å². The van der Waals surface area contributed by atoms with Gasteiger partial charge in [0.15, 0.2) is 10.9 Å². The average molecular weight is 553 g/mol. The number of nitrogens with zero attached hydrogens (tertiary/aromatic N) is 4. The van der Waals surface area contributed by atoms with Gasteiger partial charge < -0.3 is 9.64 Å². The second-order valence-electron chi connectivity index (χ2n) is 8.70. The predicted octanol–water partition coefficient (Wildman–Crippen LogP) is 4.11. The van der Waals surface area contributed by atoms with Crippen LogP contribution in [0.15, 0.2) is 41.3 Å². The highest BCUT2D eigenvalue weighted by atomic mass is 32.2. The van der Waals surface area contributed by atoms with Gasteiger partial charge in [0.05, 0.1) is 16.7 Å². The minimum atomic E-state index is -3.96. The van der Waals surface area contributed by atoms with E-state index in [-0.39, 0.29) is 33.3 Å². The molecule has 0 saturated carbocycles. The van der Waals surface area contributed by atoms with Crippen molar-refractivity contribution < 1.29 is 26.7 Å². The summed E-state index contributed by atoms with van der Waals surface area (Å²) in [6.45, 7) is 6.49. The number of anilines is 1. The third kappa shape index (κ3) is 5.62. The number of hydrogen-bond donors (Lipinski definition) is 0. The third-order valence-electron chi connectivity index (χ3n) is 6.59. The topological polar surface area (TPSA) is 83.0 Å². The van der Waals surface area contributed by atoms with Crippen LogP contribution in [-0.4, -0.2) is 74.4 Å². The van der Waals surface area contributed by atoms with Gasteiger partial charge in [-0.1, -0.05) is 25.2 Å². The van der Waals surface area contributed by atoms with Crippen molar-refractivity contribution in [3.63, 3.8) is 0 Å². The van der Waals surface area contributed by atoms with Crippen molar-refractivity contribution >= 4 is 42.6 Å². The molecule has 0 aliphatic carbocycles. The van der Waals surface area contributed by atoms with Crippen LogP contribution in [-0.2, 0) is 14.8 Å². The Morgan fingerprint density at radius 2 is 1.86 bits per heavy atom. The van der Waals surface area contributed by atoms with Gasteiger partial charge in [0.2, 0.25) is 15.9 Å². The van der Waals surface area contributed by atoms with Crippen LogP contribution in [0.4, 0.5) is 13.9 Å². The summed E-state index contributed by atoms with van der Waals surface area (Å²) in [5.41, 5.74) is -0.0174. The molecule has 12 heteroatoms. The average Bonchev–Trinajstić information content (AvgIpc) is 3.55. The zero-order valence-electron chi connectivity index (χ0n) is 21.0. The zero-order valence-corrected chi connectivity index (χ0v) is 22.6. The maximum Gasteiger partial charge on any atom is 0.247 e. The lowest BCUT2D eigenvalue weighted by molar-refractivity contribution is -0.121. The molecule has 1 fully saturated rings. The van der Waals surface area contributed by atoms with Crippen molar-refractivity contribution in [3.8, 4) is 5.75 Å². The van der Waals surface area contributed by atoms with E-state index >= 15 is 0 Å². The van der Waals surface area contributed by atoms with Crippen molar-refractivity contribution in [2.45, 2.75) is 37.6 Å². The molecule has 1 saturated heterocycles. The number of ether oxygens (including phenoxy) is 1. The fourth-order valence-corrected chi connectivity index (χ4v) is 7.17. The summed E-state index contributed by atoms with van der Waals surface area (Å²) in [7, 11) is -2.46. The molecule has 1 aliphatic rings. The molecule has 37 heavy (non-hydrogen) atoms. The molecular formula is C25H30F2N4O4S2. The van der Waals surface area contributed by atoms with Crippen molar-refractivity contribution in [3.05, 3.63) is 48.0 Å². The van der Waals surface area contributed by atoms with E-state index in [0.717, 1.165) is 30.5 Å². The van der Waals surface area contributed by atoms with Crippen LogP contribution in [0.1, 0.15) is 26.7 Å². The first-order chi connectivity index (χ1) is 17.7. The monoisotopic (exact) mass is 552 g/mol. The highest BCUT2D eigenvalue weighted by molar-refractivity contribution is 7.89. The smallest absolute Gasteiger partial charge is 0.247 e. The molecule has 1 atom stereocenters. The fraction of sp³-hybridized carbons (Fsp3) is 0.440. The molecule has 0 bridgehead atoms. The summed E-state index contributed by atoms with van der Waals surface area (Å²) in [5, 5.41) is 0.213. The molecule has 1 amide bonds. The summed E-state index contributed by atoms with van der Waals surface area (Å²) in [6.07, 6.45) is 0.874. The van der Waals surface area contributed by atoms with E-state index < -0.39 is 33.6 Å². The van der Waals surface area contributed by atoms with E-state index in [1.165, 1.54) is 34.5 Å². The molecule has 1 aliphatic heterocycles. The third-order valence-corrected chi connectivity index (χ3v) is 9.54. The van der Waals surface area contributed by atoms with Gasteiger partial charge in [-0.25, -0.2) is 22.2 Å². The molecule has 1 unspecified atom stereocenters. The van der Waals surface area contributed by atoms with E-state index in [4.69, 9.17) is 4.74 Å². The van der Waals surface area contributed by atoms with Crippen molar-refractivity contribution in [2.75, 3.05) is 44.7 Å². The Morgan fingerprint density at radius 1 is 1.16 bits per heavy atom. The lowest BCUT2D eigenvalue weighted by Crippen LogP contribution is -2.49. The molecule has 8 nitrogen and oxygen atoms in total. The lowest BCUT2D eigenvalue weighted by Gasteiger charge is -2.30. The second kappa shape index (κ2) is 11.4. The SMILES string of the molecule is CCN(CC)CCN(C(=O)C1CCCN1S(=O)(=O)c1ccc(OC)cc1)c1nc2c(F)cc(F)cc2s1. The molecule has 4 rings (SSSR count). The normalized spacial score (nSPS) is 16.5. The van der Waals surface area contributed by atoms with Crippen LogP contribution >= 0.6 is 11.3 Å². The zero-order chi connectivity index (χ0) is 26.7. The molecule has 200 valence electrons. The van der Waals surface area contributed by atoms with Crippen molar-refractivity contribution in [1.82, 2.24) is 14.2 Å². The Morgan fingerprint density at radius 3 is 2.51 bits per heavy atom. The van der Waals surface area contributed by atoms with E-state index in [1.54, 1.807) is 12.1 Å². The number of aromatic nitrogens is 1. The molecule has 0 radical (unpaired) electrons. The molecule has 2 aromatic carbocycles. The summed E-state index contributed by atoms with van der Waals surface area (Å²) in [5.74, 6) is -1.44. The number of halogens is 2. The number of amides is 1. The molecular weight excluding hydrogens is 522 g/mol. The first kappa shape index (κ1) is 27.4. The van der Waals surface area contributed by atoms with Gasteiger partial charge in [-0.15, -0.1) is 0 Å². The van der Waals surface area contributed by atoms with E-state index in [1.807, 2.05) is 13.8 Å². The van der Waals surface area contributed by atoms with Crippen molar-refractivity contribution in [2.24, 2.45) is 0 Å². The van der Waals surface area contributed by atoms with Crippen LogP contribution in [0, 0.1) is 11.6 Å². The lowest BCUT2D eigenvalue weighted by atomic mass is 10.2. The number of thiazole rings is 1. The molecule has 0 spiro atoms. The number of benzene rings is 2. The number of fused-ring (bicyclic) bond motifs is 1. The van der Waals surface area contributed by atoms with Crippen LogP contribution < -0.4 is 9.64 Å². The Kier molecular flexibility index (Phi) is 8.42.